The number of nitrogens with zero attached hydrogens (tertiary/aromatic N) is 4. The van der Waals surface area contributed by atoms with E-state index >= 15 is 0 Å². The average Bonchev–Trinajstić information content (AvgIpc) is 2.81. The minimum atomic E-state index is 0.266. The molecule has 0 unspecified atom stereocenters. The van der Waals surface area contributed by atoms with Gasteiger partial charge in [0, 0.05) is 37.0 Å². The summed E-state index contributed by atoms with van der Waals surface area (Å²) in [5.41, 5.74) is 4.26. The van der Waals surface area contributed by atoms with Crippen molar-refractivity contribution >= 4 is 11.5 Å². The molecule has 0 aliphatic carbocycles. The van der Waals surface area contributed by atoms with Gasteiger partial charge in [-0.15, -0.1) is 0 Å². The van der Waals surface area contributed by atoms with E-state index in [2.05, 4.69) is 29.9 Å². The Bertz CT molecular complexity index is 649. The first-order chi connectivity index (χ1) is 10.1. The molecule has 1 atom stereocenters. The number of aromatic nitrogens is 3. The second-order valence-corrected chi connectivity index (χ2v) is 6.04. The highest BCUT2D eigenvalue weighted by atomic mass is 16.3. The first-order valence-corrected chi connectivity index (χ1v) is 7.85. The Morgan fingerprint density at radius 3 is 2.90 bits per heavy atom. The summed E-state index contributed by atoms with van der Waals surface area (Å²) in [7, 11) is 0. The van der Waals surface area contributed by atoms with Gasteiger partial charge in [0.25, 0.3) is 0 Å². The van der Waals surface area contributed by atoms with Crippen LogP contribution in [-0.4, -0.2) is 39.4 Å². The van der Waals surface area contributed by atoms with Crippen LogP contribution in [0, 0.1) is 19.8 Å². The summed E-state index contributed by atoms with van der Waals surface area (Å²) < 4.78 is 1.98. The first-order valence-electron chi connectivity index (χ1n) is 7.85. The molecule has 2 aromatic heterocycles. The fourth-order valence-electron chi connectivity index (χ4n) is 3.09. The predicted octanol–water partition coefficient (Wildman–Crippen LogP) is 2.12. The maximum absolute atomic E-state index is 9.46. The van der Waals surface area contributed by atoms with Crippen molar-refractivity contribution in [3.63, 3.8) is 0 Å². The lowest BCUT2D eigenvalue weighted by molar-refractivity contribution is 0.208. The van der Waals surface area contributed by atoms with E-state index in [-0.39, 0.29) is 6.61 Å². The number of fused-ring (bicyclic) bond motifs is 1. The number of aryl methyl sites for hydroxylation is 3. The molecule has 1 fully saturated rings. The topological polar surface area (TPSA) is 53.7 Å². The van der Waals surface area contributed by atoms with E-state index < -0.39 is 0 Å². The number of hydrogen-bond donors (Lipinski definition) is 1. The molecule has 0 saturated carbocycles. The monoisotopic (exact) mass is 288 g/mol. The molecule has 1 N–H and O–H groups in total. The van der Waals surface area contributed by atoms with Crippen molar-refractivity contribution in [3.05, 3.63) is 23.0 Å². The molecule has 21 heavy (non-hydrogen) atoms. The molecule has 0 radical (unpaired) electrons. The highest BCUT2D eigenvalue weighted by Crippen LogP contribution is 2.26. The van der Waals surface area contributed by atoms with Gasteiger partial charge in [-0.05, 0) is 39.0 Å². The van der Waals surface area contributed by atoms with Crippen LogP contribution < -0.4 is 4.90 Å². The summed E-state index contributed by atoms with van der Waals surface area (Å²) in [5.74, 6) is 1.48. The highest BCUT2D eigenvalue weighted by molar-refractivity contribution is 5.57. The largest absolute Gasteiger partial charge is 0.396 e. The summed E-state index contributed by atoms with van der Waals surface area (Å²) >= 11 is 0. The summed E-state index contributed by atoms with van der Waals surface area (Å²) in [6.45, 7) is 8.44. The average molecular weight is 288 g/mol. The van der Waals surface area contributed by atoms with Crippen molar-refractivity contribution in [1.82, 2.24) is 14.6 Å². The number of aliphatic hydroxyl groups is 1. The molecule has 0 aromatic carbocycles. The number of rotatable bonds is 3. The molecule has 1 aliphatic heterocycles. The van der Waals surface area contributed by atoms with Crippen molar-refractivity contribution in [2.24, 2.45) is 5.92 Å². The predicted molar refractivity (Wildman–Crippen MR) is 83.9 cm³/mol. The molecule has 3 heterocycles. The van der Waals surface area contributed by atoms with Gasteiger partial charge in [-0.3, -0.25) is 0 Å². The van der Waals surface area contributed by atoms with Gasteiger partial charge in [0.05, 0.1) is 5.69 Å². The Morgan fingerprint density at radius 2 is 2.19 bits per heavy atom. The second-order valence-electron chi connectivity index (χ2n) is 6.04. The second kappa shape index (κ2) is 5.64. The molecule has 5 nitrogen and oxygen atoms in total. The van der Waals surface area contributed by atoms with Crippen molar-refractivity contribution < 1.29 is 5.11 Å². The van der Waals surface area contributed by atoms with Gasteiger partial charge in [-0.1, -0.05) is 6.92 Å². The van der Waals surface area contributed by atoms with E-state index in [9.17, 15) is 5.11 Å². The zero-order valence-electron chi connectivity index (χ0n) is 13.1. The van der Waals surface area contributed by atoms with Gasteiger partial charge < -0.3 is 10.0 Å². The summed E-state index contributed by atoms with van der Waals surface area (Å²) in [5, 5.41) is 14.1. The van der Waals surface area contributed by atoms with Gasteiger partial charge in [-0.2, -0.15) is 9.61 Å². The van der Waals surface area contributed by atoms with Crippen LogP contribution in [0.2, 0.25) is 0 Å². The molecule has 0 spiro atoms. The van der Waals surface area contributed by atoms with Crippen molar-refractivity contribution in [3.8, 4) is 0 Å². The fourth-order valence-corrected chi connectivity index (χ4v) is 3.09. The zero-order valence-corrected chi connectivity index (χ0v) is 13.1. The third kappa shape index (κ3) is 2.50. The lowest BCUT2D eigenvalue weighted by Gasteiger charge is -2.33. The minimum absolute atomic E-state index is 0.266. The molecule has 1 aliphatic rings. The van der Waals surface area contributed by atoms with Crippen molar-refractivity contribution in [1.29, 1.82) is 0 Å². The van der Waals surface area contributed by atoms with Gasteiger partial charge in [-0.25, -0.2) is 4.98 Å². The van der Waals surface area contributed by atoms with Crippen LogP contribution in [0.4, 0.5) is 5.82 Å². The third-order valence-electron chi connectivity index (χ3n) is 4.55. The van der Waals surface area contributed by atoms with Crippen LogP contribution in [0.1, 0.15) is 36.7 Å². The maximum atomic E-state index is 9.46. The number of aliphatic hydroxyl groups excluding tert-OH is 1. The Balaban J connectivity index is 2.09. The zero-order chi connectivity index (χ0) is 15.0. The Kier molecular flexibility index (Phi) is 3.85. The van der Waals surface area contributed by atoms with Crippen LogP contribution in [0.3, 0.4) is 0 Å². The molecule has 2 aromatic rings. The summed E-state index contributed by atoms with van der Waals surface area (Å²) in [4.78, 5) is 7.08. The molecular formula is C16H24N4O. The van der Waals surface area contributed by atoms with Gasteiger partial charge in [0.1, 0.15) is 5.82 Å². The minimum Gasteiger partial charge on any atom is -0.396 e. The number of anilines is 1. The molecule has 5 heteroatoms. The molecular weight excluding hydrogens is 264 g/mol. The Labute approximate surface area is 125 Å². The van der Waals surface area contributed by atoms with E-state index in [0.717, 1.165) is 60.8 Å². The van der Waals surface area contributed by atoms with E-state index in [1.165, 1.54) is 0 Å². The van der Waals surface area contributed by atoms with E-state index in [1.807, 2.05) is 11.4 Å². The lowest BCUT2D eigenvalue weighted by Crippen LogP contribution is -2.38. The normalized spacial score (nSPS) is 19.4. The van der Waals surface area contributed by atoms with E-state index in [1.54, 1.807) is 0 Å². The van der Waals surface area contributed by atoms with Crippen LogP contribution in [0.5, 0.6) is 0 Å². The van der Waals surface area contributed by atoms with Gasteiger partial charge in [0.15, 0.2) is 5.65 Å². The standard InChI is InChI=1S/C16H24N4O/c1-4-14-8-15(19-7-5-6-13(9-19)10-21)20-16(17-14)11(2)12(3)18-20/h8,13,21H,4-7,9-10H2,1-3H3/t13-/m1/s1. The summed E-state index contributed by atoms with van der Waals surface area (Å²) in [6, 6.07) is 2.15. The van der Waals surface area contributed by atoms with E-state index in [4.69, 9.17) is 4.98 Å². The smallest absolute Gasteiger partial charge is 0.160 e. The molecule has 3 rings (SSSR count). The van der Waals surface area contributed by atoms with E-state index in [0.29, 0.717) is 5.92 Å². The molecule has 0 bridgehead atoms. The quantitative estimate of drug-likeness (QED) is 0.940. The van der Waals surface area contributed by atoms with Crippen LogP contribution in [0.15, 0.2) is 6.07 Å². The van der Waals surface area contributed by atoms with Crippen LogP contribution in [-0.2, 0) is 6.42 Å². The lowest BCUT2D eigenvalue weighted by atomic mass is 9.99. The van der Waals surface area contributed by atoms with Gasteiger partial charge in [0.2, 0.25) is 0 Å². The molecule has 0 amide bonds. The molecule has 114 valence electrons. The molecule has 1 saturated heterocycles. The number of piperidine rings is 1. The Morgan fingerprint density at radius 1 is 1.38 bits per heavy atom. The Hall–Kier alpha value is -1.62. The van der Waals surface area contributed by atoms with Crippen LogP contribution >= 0.6 is 0 Å². The SMILES string of the molecule is CCc1cc(N2CCC[C@@H](CO)C2)n2nc(C)c(C)c2n1. The first kappa shape index (κ1) is 14.3. The maximum Gasteiger partial charge on any atom is 0.160 e. The van der Waals surface area contributed by atoms with Crippen molar-refractivity contribution in [2.75, 3.05) is 24.6 Å². The summed E-state index contributed by atoms with van der Waals surface area (Å²) in [6.07, 6.45) is 3.15. The third-order valence-corrected chi connectivity index (χ3v) is 4.55. The van der Waals surface area contributed by atoms with Gasteiger partial charge >= 0.3 is 0 Å². The number of hydrogen-bond acceptors (Lipinski definition) is 4. The van der Waals surface area contributed by atoms with Crippen molar-refractivity contribution in [2.45, 2.75) is 40.0 Å². The highest BCUT2D eigenvalue weighted by Gasteiger charge is 2.23. The fraction of sp³-hybridized carbons (Fsp3) is 0.625. The van der Waals surface area contributed by atoms with Crippen LogP contribution in [0.25, 0.3) is 5.65 Å².